The Morgan fingerprint density at radius 2 is 1.91 bits per heavy atom. The lowest BCUT2D eigenvalue weighted by Crippen LogP contribution is -2.30. The molecule has 0 fully saturated rings. The highest BCUT2D eigenvalue weighted by Crippen LogP contribution is 2.23. The molecule has 1 amide bonds. The Morgan fingerprint density at radius 1 is 1.23 bits per heavy atom. The van der Waals surface area contributed by atoms with Gasteiger partial charge in [-0.15, -0.1) is 0 Å². The largest absolute Gasteiger partial charge is 0.370 e. The minimum atomic E-state index is -0.302. The van der Waals surface area contributed by atoms with Crippen molar-refractivity contribution < 1.29 is 4.79 Å². The predicted octanol–water partition coefficient (Wildman–Crippen LogP) is 2.58. The molecule has 2 rings (SSSR count). The second-order valence-electron chi connectivity index (χ2n) is 5.31. The SMILES string of the molecule is CC(CC(N)=O)NCc1ccc(-c2ccccc2C#N)cc1. The van der Waals surface area contributed by atoms with Crippen molar-refractivity contribution >= 4 is 5.91 Å². The number of hydrogen-bond acceptors (Lipinski definition) is 3. The van der Waals surface area contributed by atoms with Gasteiger partial charge in [0.05, 0.1) is 11.6 Å². The first-order valence-electron chi connectivity index (χ1n) is 7.20. The fourth-order valence-electron chi connectivity index (χ4n) is 2.30. The van der Waals surface area contributed by atoms with E-state index in [2.05, 4.69) is 11.4 Å². The molecule has 0 aliphatic carbocycles. The summed E-state index contributed by atoms with van der Waals surface area (Å²) in [4.78, 5) is 10.8. The van der Waals surface area contributed by atoms with Gasteiger partial charge in [-0.3, -0.25) is 4.79 Å². The molecule has 4 heteroatoms. The van der Waals surface area contributed by atoms with E-state index in [4.69, 9.17) is 11.0 Å². The number of carbonyl (C=O) groups is 1. The molecule has 0 heterocycles. The van der Waals surface area contributed by atoms with E-state index in [0.29, 0.717) is 18.5 Å². The summed E-state index contributed by atoms with van der Waals surface area (Å²) in [5, 5.41) is 12.4. The molecule has 0 bridgehead atoms. The third kappa shape index (κ3) is 4.18. The highest BCUT2D eigenvalue weighted by atomic mass is 16.1. The number of rotatable bonds is 6. The van der Waals surface area contributed by atoms with E-state index in [9.17, 15) is 4.79 Å². The predicted molar refractivity (Wildman–Crippen MR) is 86.7 cm³/mol. The number of nitrogens with zero attached hydrogens (tertiary/aromatic N) is 1. The van der Waals surface area contributed by atoms with Crippen LogP contribution >= 0.6 is 0 Å². The molecule has 112 valence electrons. The second-order valence-corrected chi connectivity index (χ2v) is 5.31. The minimum Gasteiger partial charge on any atom is -0.370 e. The van der Waals surface area contributed by atoms with E-state index in [1.54, 1.807) is 0 Å². The Kier molecular flexibility index (Phi) is 5.29. The molecule has 0 saturated heterocycles. The Balaban J connectivity index is 2.05. The lowest BCUT2D eigenvalue weighted by atomic mass is 9.99. The van der Waals surface area contributed by atoms with Crippen LogP contribution < -0.4 is 11.1 Å². The third-order valence-corrected chi connectivity index (χ3v) is 3.47. The van der Waals surface area contributed by atoms with Gasteiger partial charge in [0.2, 0.25) is 5.91 Å². The van der Waals surface area contributed by atoms with Crippen LogP contribution in [0.15, 0.2) is 48.5 Å². The molecule has 0 saturated carbocycles. The Labute approximate surface area is 130 Å². The van der Waals surface area contributed by atoms with E-state index >= 15 is 0 Å². The van der Waals surface area contributed by atoms with Crippen LogP contribution in [0.5, 0.6) is 0 Å². The molecule has 2 aromatic rings. The van der Waals surface area contributed by atoms with Crippen LogP contribution in [-0.4, -0.2) is 11.9 Å². The molecule has 3 N–H and O–H groups in total. The van der Waals surface area contributed by atoms with Crippen molar-refractivity contribution in [3.05, 3.63) is 59.7 Å². The lowest BCUT2D eigenvalue weighted by molar-refractivity contribution is -0.118. The maximum absolute atomic E-state index is 10.8. The summed E-state index contributed by atoms with van der Waals surface area (Å²) in [5.41, 5.74) is 8.91. The standard InChI is InChI=1S/C18H19N3O/c1-13(10-18(20)22)21-12-14-6-8-15(9-7-14)17-5-3-2-4-16(17)11-19/h2-9,13,21H,10,12H2,1H3,(H2,20,22). The molecule has 0 aromatic heterocycles. The lowest BCUT2D eigenvalue weighted by Gasteiger charge is -2.12. The van der Waals surface area contributed by atoms with E-state index < -0.39 is 0 Å². The van der Waals surface area contributed by atoms with Gasteiger partial charge in [-0.05, 0) is 29.7 Å². The number of benzene rings is 2. The van der Waals surface area contributed by atoms with Crippen molar-refractivity contribution in [2.75, 3.05) is 0 Å². The van der Waals surface area contributed by atoms with Crippen LogP contribution in [0.4, 0.5) is 0 Å². The highest BCUT2D eigenvalue weighted by molar-refractivity contribution is 5.74. The van der Waals surface area contributed by atoms with Crippen LogP contribution in [0.25, 0.3) is 11.1 Å². The quantitative estimate of drug-likeness (QED) is 0.859. The summed E-state index contributed by atoms with van der Waals surface area (Å²) >= 11 is 0. The van der Waals surface area contributed by atoms with E-state index in [-0.39, 0.29) is 11.9 Å². The molecule has 0 spiro atoms. The first-order valence-corrected chi connectivity index (χ1v) is 7.20. The number of nitrogens with one attached hydrogen (secondary N) is 1. The van der Waals surface area contributed by atoms with E-state index in [0.717, 1.165) is 16.7 Å². The highest BCUT2D eigenvalue weighted by Gasteiger charge is 2.06. The van der Waals surface area contributed by atoms with Gasteiger partial charge in [0.1, 0.15) is 0 Å². The summed E-state index contributed by atoms with van der Waals surface area (Å²) < 4.78 is 0. The number of nitriles is 1. The zero-order valence-corrected chi connectivity index (χ0v) is 12.5. The molecular weight excluding hydrogens is 274 g/mol. The van der Waals surface area contributed by atoms with E-state index in [1.807, 2.05) is 55.5 Å². The molecule has 1 atom stereocenters. The maximum atomic E-state index is 10.8. The fourth-order valence-corrected chi connectivity index (χ4v) is 2.30. The number of carbonyl (C=O) groups excluding carboxylic acids is 1. The van der Waals surface area contributed by atoms with Crippen molar-refractivity contribution in [3.8, 4) is 17.2 Å². The van der Waals surface area contributed by atoms with E-state index in [1.165, 1.54) is 0 Å². The molecule has 0 aliphatic rings. The second kappa shape index (κ2) is 7.39. The molecule has 1 unspecified atom stereocenters. The van der Waals surface area contributed by atoms with Crippen LogP contribution in [0.1, 0.15) is 24.5 Å². The van der Waals surface area contributed by atoms with Crippen LogP contribution in [0, 0.1) is 11.3 Å². The van der Waals surface area contributed by atoms with Crippen molar-refractivity contribution in [2.45, 2.75) is 25.9 Å². The maximum Gasteiger partial charge on any atom is 0.218 e. The van der Waals surface area contributed by atoms with Crippen LogP contribution in [0.3, 0.4) is 0 Å². The van der Waals surface area contributed by atoms with Crippen LogP contribution in [0.2, 0.25) is 0 Å². The number of nitrogens with two attached hydrogens (primary N) is 1. The average Bonchev–Trinajstić information content (AvgIpc) is 2.53. The number of hydrogen-bond donors (Lipinski definition) is 2. The number of primary amides is 1. The molecular formula is C18H19N3O. The smallest absolute Gasteiger partial charge is 0.218 e. The molecule has 0 aliphatic heterocycles. The summed E-state index contributed by atoms with van der Waals surface area (Å²) in [5.74, 6) is -0.302. The molecule has 2 aromatic carbocycles. The Bertz CT molecular complexity index is 686. The normalized spacial score (nSPS) is 11.6. The average molecular weight is 293 g/mol. The fraction of sp³-hybridized carbons (Fsp3) is 0.222. The summed E-state index contributed by atoms with van der Waals surface area (Å²) in [6, 6.07) is 17.9. The van der Waals surface area contributed by atoms with Crippen molar-refractivity contribution in [1.29, 1.82) is 5.26 Å². The Hall–Kier alpha value is -2.64. The summed E-state index contributed by atoms with van der Waals surface area (Å²) in [6.07, 6.45) is 0.327. The van der Waals surface area contributed by atoms with Crippen molar-refractivity contribution in [3.63, 3.8) is 0 Å². The Morgan fingerprint density at radius 3 is 2.55 bits per heavy atom. The zero-order chi connectivity index (χ0) is 15.9. The first-order chi connectivity index (χ1) is 10.6. The molecule has 0 radical (unpaired) electrons. The summed E-state index contributed by atoms with van der Waals surface area (Å²) in [7, 11) is 0. The van der Waals surface area contributed by atoms with Crippen LogP contribution in [-0.2, 0) is 11.3 Å². The van der Waals surface area contributed by atoms with Crippen molar-refractivity contribution in [2.24, 2.45) is 5.73 Å². The zero-order valence-electron chi connectivity index (χ0n) is 12.5. The minimum absolute atomic E-state index is 0.0523. The van der Waals surface area contributed by atoms with Gasteiger partial charge in [-0.2, -0.15) is 5.26 Å². The topological polar surface area (TPSA) is 78.9 Å². The summed E-state index contributed by atoms with van der Waals surface area (Å²) in [6.45, 7) is 2.61. The third-order valence-electron chi connectivity index (χ3n) is 3.47. The van der Waals surface area contributed by atoms with Gasteiger partial charge >= 0.3 is 0 Å². The van der Waals surface area contributed by atoms with Gasteiger partial charge in [0, 0.05) is 19.0 Å². The van der Waals surface area contributed by atoms with Crippen molar-refractivity contribution in [1.82, 2.24) is 5.32 Å². The van der Waals surface area contributed by atoms with Gasteiger partial charge < -0.3 is 11.1 Å². The van der Waals surface area contributed by atoms with Gasteiger partial charge in [0.15, 0.2) is 0 Å². The molecule has 4 nitrogen and oxygen atoms in total. The van der Waals surface area contributed by atoms with Gasteiger partial charge in [-0.1, -0.05) is 42.5 Å². The monoisotopic (exact) mass is 293 g/mol. The van der Waals surface area contributed by atoms with Gasteiger partial charge in [-0.25, -0.2) is 0 Å². The molecule has 22 heavy (non-hydrogen) atoms. The number of amides is 1. The first kappa shape index (κ1) is 15.7. The van der Waals surface area contributed by atoms with Gasteiger partial charge in [0.25, 0.3) is 0 Å².